The number of ether oxygens (including phenoxy) is 3. The van der Waals surface area contributed by atoms with E-state index < -0.39 is 11.4 Å². The van der Waals surface area contributed by atoms with Gasteiger partial charge in [-0.1, -0.05) is 18.5 Å². The Morgan fingerprint density at radius 3 is 2.55 bits per heavy atom. The minimum Gasteiger partial charge on any atom is -0.465 e. The standard InChI is InChI=1S/C20H24ClN3O5/c1-20(4-6-29-7-5-20)19(26)22-10-16-17(21)24-15-9-13(18(25)28-3)12(11-27-2)8-14(15)23-16/h8-9H,4-7,10-11H2,1-3H3,(H,22,26). The molecule has 0 bridgehead atoms. The van der Waals surface area contributed by atoms with Gasteiger partial charge in [-0.2, -0.15) is 0 Å². The lowest BCUT2D eigenvalue weighted by atomic mass is 9.81. The molecule has 8 nitrogen and oxygen atoms in total. The van der Waals surface area contributed by atoms with E-state index in [1.807, 2.05) is 6.92 Å². The maximum absolute atomic E-state index is 12.6. The third-order valence-electron chi connectivity index (χ3n) is 5.18. The van der Waals surface area contributed by atoms with Gasteiger partial charge in [0.1, 0.15) is 0 Å². The molecule has 1 N–H and O–H groups in total. The number of esters is 1. The van der Waals surface area contributed by atoms with Gasteiger partial charge in [0.25, 0.3) is 0 Å². The minimum absolute atomic E-state index is 0.0557. The molecule has 0 aliphatic carbocycles. The first-order chi connectivity index (χ1) is 13.9. The Kier molecular flexibility index (Phi) is 6.66. The Labute approximate surface area is 173 Å². The highest BCUT2D eigenvalue weighted by Gasteiger charge is 2.35. The highest BCUT2D eigenvalue weighted by Crippen LogP contribution is 2.30. The second-order valence-corrected chi connectivity index (χ2v) is 7.60. The molecule has 1 aliphatic rings. The minimum atomic E-state index is -0.488. The molecule has 156 valence electrons. The van der Waals surface area contributed by atoms with E-state index in [0.717, 1.165) is 0 Å². The summed E-state index contributed by atoms with van der Waals surface area (Å²) in [6.07, 6.45) is 1.35. The van der Waals surface area contributed by atoms with Gasteiger partial charge in [0.05, 0.1) is 48.0 Å². The number of nitrogens with zero attached hydrogens (tertiary/aromatic N) is 2. The van der Waals surface area contributed by atoms with E-state index in [2.05, 4.69) is 15.3 Å². The highest BCUT2D eigenvalue weighted by molar-refractivity contribution is 6.30. The van der Waals surface area contributed by atoms with Crippen LogP contribution in [0.5, 0.6) is 0 Å². The SMILES string of the molecule is COCc1cc2nc(CNC(=O)C3(C)CCOCC3)c(Cl)nc2cc1C(=O)OC. The van der Waals surface area contributed by atoms with Crippen LogP contribution in [-0.2, 0) is 32.2 Å². The van der Waals surface area contributed by atoms with Crippen LogP contribution in [0.2, 0.25) is 5.15 Å². The van der Waals surface area contributed by atoms with Gasteiger partial charge in [0.2, 0.25) is 5.91 Å². The van der Waals surface area contributed by atoms with Crippen LogP contribution in [0.15, 0.2) is 12.1 Å². The molecular weight excluding hydrogens is 398 g/mol. The van der Waals surface area contributed by atoms with Gasteiger partial charge < -0.3 is 19.5 Å². The van der Waals surface area contributed by atoms with Crippen molar-refractivity contribution >= 4 is 34.5 Å². The fourth-order valence-corrected chi connectivity index (χ4v) is 3.47. The van der Waals surface area contributed by atoms with E-state index in [4.69, 9.17) is 25.8 Å². The summed E-state index contributed by atoms with van der Waals surface area (Å²) in [6, 6.07) is 3.30. The van der Waals surface area contributed by atoms with Gasteiger partial charge in [0, 0.05) is 20.3 Å². The van der Waals surface area contributed by atoms with Crippen molar-refractivity contribution in [2.24, 2.45) is 5.41 Å². The number of benzene rings is 1. The van der Waals surface area contributed by atoms with Crippen LogP contribution in [0.25, 0.3) is 11.0 Å². The molecule has 2 heterocycles. The van der Waals surface area contributed by atoms with E-state index in [1.165, 1.54) is 14.2 Å². The molecule has 0 radical (unpaired) electrons. The summed E-state index contributed by atoms with van der Waals surface area (Å²) >= 11 is 6.29. The second-order valence-electron chi connectivity index (χ2n) is 7.24. The lowest BCUT2D eigenvalue weighted by Gasteiger charge is -2.31. The van der Waals surface area contributed by atoms with Gasteiger partial charge >= 0.3 is 5.97 Å². The first kappa shape index (κ1) is 21.4. The zero-order chi connectivity index (χ0) is 21.0. The van der Waals surface area contributed by atoms with E-state index in [9.17, 15) is 9.59 Å². The topological polar surface area (TPSA) is 99.6 Å². The van der Waals surface area contributed by atoms with Gasteiger partial charge in [0.15, 0.2) is 5.15 Å². The summed E-state index contributed by atoms with van der Waals surface area (Å²) in [5.41, 5.74) is 1.99. The van der Waals surface area contributed by atoms with Crippen molar-refractivity contribution in [3.05, 3.63) is 34.1 Å². The number of fused-ring (bicyclic) bond motifs is 1. The summed E-state index contributed by atoms with van der Waals surface area (Å²) < 4.78 is 15.3. The molecule has 9 heteroatoms. The van der Waals surface area contributed by atoms with Crippen LogP contribution in [0.4, 0.5) is 0 Å². The maximum atomic E-state index is 12.6. The Morgan fingerprint density at radius 1 is 1.21 bits per heavy atom. The van der Waals surface area contributed by atoms with Crippen LogP contribution in [0, 0.1) is 5.41 Å². The van der Waals surface area contributed by atoms with Crippen molar-refractivity contribution in [1.29, 1.82) is 0 Å². The second kappa shape index (κ2) is 9.02. The van der Waals surface area contributed by atoms with E-state index in [-0.39, 0.29) is 24.2 Å². The van der Waals surface area contributed by atoms with Crippen molar-refractivity contribution in [3.8, 4) is 0 Å². The molecule has 3 rings (SSSR count). The predicted molar refractivity (Wildman–Crippen MR) is 107 cm³/mol. The number of carbonyl (C=O) groups excluding carboxylic acids is 2. The van der Waals surface area contributed by atoms with Crippen molar-refractivity contribution < 1.29 is 23.8 Å². The molecule has 0 atom stereocenters. The Hall–Kier alpha value is -2.29. The molecule has 0 spiro atoms. The van der Waals surface area contributed by atoms with Gasteiger partial charge in [-0.15, -0.1) is 0 Å². The summed E-state index contributed by atoms with van der Waals surface area (Å²) in [5, 5.41) is 3.08. The Morgan fingerprint density at radius 2 is 1.90 bits per heavy atom. The summed E-state index contributed by atoms with van der Waals surface area (Å²) in [4.78, 5) is 33.6. The number of rotatable bonds is 6. The summed E-state index contributed by atoms with van der Waals surface area (Å²) in [6.45, 7) is 3.47. The number of methoxy groups -OCH3 is 2. The number of amides is 1. The highest BCUT2D eigenvalue weighted by atomic mass is 35.5. The molecular formula is C20H24ClN3O5. The third kappa shape index (κ3) is 4.66. The molecule has 0 unspecified atom stereocenters. The number of aromatic nitrogens is 2. The monoisotopic (exact) mass is 421 g/mol. The molecule has 1 aliphatic heterocycles. The number of hydrogen-bond acceptors (Lipinski definition) is 7. The van der Waals surface area contributed by atoms with Gasteiger partial charge in [-0.25, -0.2) is 14.8 Å². The van der Waals surface area contributed by atoms with Crippen LogP contribution >= 0.6 is 11.6 Å². The maximum Gasteiger partial charge on any atom is 0.338 e. The zero-order valence-electron chi connectivity index (χ0n) is 16.7. The van der Waals surface area contributed by atoms with Crippen molar-refractivity contribution in [2.45, 2.75) is 32.9 Å². The molecule has 1 fully saturated rings. The number of hydrogen-bond donors (Lipinski definition) is 1. The number of halogens is 1. The lowest BCUT2D eigenvalue weighted by Crippen LogP contribution is -2.42. The first-order valence-electron chi connectivity index (χ1n) is 9.30. The fraction of sp³-hybridized carbons (Fsp3) is 0.500. The molecule has 1 aromatic carbocycles. The van der Waals surface area contributed by atoms with Crippen LogP contribution in [0.1, 0.15) is 41.4 Å². The smallest absolute Gasteiger partial charge is 0.338 e. The largest absolute Gasteiger partial charge is 0.465 e. The molecule has 1 saturated heterocycles. The predicted octanol–water partition coefficient (Wildman–Crippen LogP) is 2.65. The quantitative estimate of drug-likeness (QED) is 0.715. The van der Waals surface area contributed by atoms with E-state index >= 15 is 0 Å². The molecule has 0 saturated carbocycles. The van der Waals surface area contributed by atoms with Crippen molar-refractivity contribution in [2.75, 3.05) is 27.4 Å². The lowest BCUT2D eigenvalue weighted by molar-refractivity contribution is -0.135. The zero-order valence-corrected chi connectivity index (χ0v) is 17.5. The van der Waals surface area contributed by atoms with Crippen LogP contribution in [-0.4, -0.2) is 49.3 Å². The third-order valence-corrected chi connectivity index (χ3v) is 5.48. The average Bonchev–Trinajstić information content (AvgIpc) is 2.72. The molecule has 1 amide bonds. The Balaban J connectivity index is 1.86. The normalized spacial score (nSPS) is 15.9. The first-order valence-corrected chi connectivity index (χ1v) is 9.68. The summed E-state index contributed by atoms with van der Waals surface area (Å²) in [5.74, 6) is -0.544. The van der Waals surface area contributed by atoms with Crippen molar-refractivity contribution in [1.82, 2.24) is 15.3 Å². The average molecular weight is 422 g/mol. The van der Waals surface area contributed by atoms with Crippen LogP contribution in [0.3, 0.4) is 0 Å². The molecule has 29 heavy (non-hydrogen) atoms. The number of nitrogens with one attached hydrogen (secondary N) is 1. The molecule has 1 aromatic heterocycles. The van der Waals surface area contributed by atoms with Gasteiger partial charge in [-0.3, -0.25) is 4.79 Å². The van der Waals surface area contributed by atoms with E-state index in [0.29, 0.717) is 53.9 Å². The fourth-order valence-electron chi connectivity index (χ4n) is 3.27. The van der Waals surface area contributed by atoms with Crippen molar-refractivity contribution in [3.63, 3.8) is 0 Å². The van der Waals surface area contributed by atoms with Gasteiger partial charge in [-0.05, 0) is 30.5 Å². The van der Waals surface area contributed by atoms with E-state index in [1.54, 1.807) is 12.1 Å². The summed E-state index contributed by atoms with van der Waals surface area (Å²) in [7, 11) is 2.85. The number of carbonyl (C=O) groups is 2. The molecule has 2 aromatic rings. The van der Waals surface area contributed by atoms with Crippen LogP contribution < -0.4 is 5.32 Å². The Bertz CT molecular complexity index is 928.